The molecule has 0 radical (unpaired) electrons. The Balaban J connectivity index is 2.01. The molecule has 1 aromatic heterocycles. The maximum absolute atomic E-state index is 12.0. The minimum atomic E-state index is -3.56. The van der Waals surface area contributed by atoms with E-state index in [1.807, 2.05) is 7.05 Å². The van der Waals surface area contributed by atoms with Crippen LogP contribution in [0.5, 0.6) is 0 Å². The molecule has 0 bridgehead atoms. The van der Waals surface area contributed by atoms with E-state index in [1.165, 1.54) is 0 Å². The third kappa shape index (κ3) is 3.83. The zero-order valence-electron chi connectivity index (χ0n) is 11.0. The molecule has 2 rings (SSSR count). The molecule has 0 saturated carbocycles. The Kier molecular flexibility index (Phi) is 4.77. The molecule has 1 heterocycles. The number of hydrogen-bond donors (Lipinski definition) is 3. The van der Waals surface area contributed by atoms with Crippen molar-refractivity contribution in [3.63, 3.8) is 0 Å². The number of tetrazole rings is 1. The van der Waals surface area contributed by atoms with Crippen LogP contribution in [-0.4, -0.2) is 42.6 Å². The summed E-state index contributed by atoms with van der Waals surface area (Å²) in [5.74, 6) is 0.291. The number of aromatic nitrogens is 4. The summed E-state index contributed by atoms with van der Waals surface area (Å²) >= 11 is 0. The van der Waals surface area contributed by atoms with Crippen molar-refractivity contribution in [1.29, 1.82) is 0 Å². The molecule has 0 aliphatic carbocycles. The predicted molar refractivity (Wildman–Crippen MR) is 72.3 cm³/mol. The average Bonchev–Trinajstić information content (AvgIpc) is 2.97. The highest BCUT2D eigenvalue weighted by atomic mass is 32.2. The first-order valence-corrected chi connectivity index (χ1v) is 7.55. The van der Waals surface area contributed by atoms with Gasteiger partial charge in [0.1, 0.15) is 0 Å². The van der Waals surface area contributed by atoms with Crippen molar-refractivity contribution >= 4 is 10.0 Å². The van der Waals surface area contributed by atoms with Crippen LogP contribution in [0, 0.1) is 0 Å². The Hall–Kier alpha value is -1.84. The predicted octanol–water partition coefficient (Wildman–Crippen LogP) is -0.560. The molecular weight excluding hydrogens is 280 g/mol. The molecule has 0 aliphatic heterocycles. The van der Waals surface area contributed by atoms with Crippen molar-refractivity contribution in [2.24, 2.45) is 0 Å². The second kappa shape index (κ2) is 6.55. The fraction of sp³-hybridized carbons (Fsp3) is 0.364. The first-order valence-electron chi connectivity index (χ1n) is 6.07. The summed E-state index contributed by atoms with van der Waals surface area (Å²) in [5, 5.41) is 16.0. The van der Waals surface area contributed by atoms with Crippen LogP contribution in [0.2, 0.25) is 0 Å². The van der Waals surface area contributed by atoms with Gasteiger partial charge in [-0.2, -0.15) is 5.21 Å². The lowest BCUT2D eigenvalue weighted by Crippen LogP contribution is -2.23. The molecule has 0 fully saturated rings. The SMILES string of the molecule is CNCCc1ccc(S(=O)(=O)NCc2nn[nH]n2)cc1. The van der Waals surface area contributed by atoms with Gasteiger partial charge in [0.2, 0.25) is 10.0 Å². The quantitative estimate of drug-likeness (QED) is 0.631. The molecule has 0 unspecified atom stereocenters. The summed E-state index contributed by atoms with van der Waals surface area (Å²) in [6.45, 7) is 0.850. The molecule has 2 aromatic rings. The lowest BCUT2D eigenvalue weighted by atomic mass is 10.1. The van der Waals surface area contributed by atoms with E-state index < -0.39 is 10.0 Å². The van der Waals surface area contributed by atoms with Crippen LogP contribution in [0.4, 0.5) is 0 Å². The van der Waals surface area contributed by atoms with Gasteiger partial charge in [0.15, 0.2) is 5.82 Å². The molecule has 3 N–H and O–H groups in total. The van der Waals surface area contributed by atoms with Gasteiger partial charge in [0, 0.05) is 0 Å². The average molecular weight is 296 g/mol. The smallest absolute Gasteiger partial charge is 0.240 e. The van der Waals surface area contributed by atoms with Gasteiger partial charge in [-0.1, -0.05) is 17.3 Å². The van der Waals surface area contributed by atoms with Gasteiger partial charge in [-0.15, -0.1) is 10.2 Å². The zero-order chi connectivity index (χ0) is 14.4. The van der Waals surface area contributed by atoms with Crippen molar-refractivity contribution in [3.8, 4) is 0 Å². The van der Waals surface area contributed by atoms with Crippen molar-refractivity contribution in [2.75, 3.05) is 13.6 Å². The minimum Gasteiger partial charge on any atom is -0.319 e. The lowest BCUT2D eigenvalue weighted by Gasteiger charge is -2.06. The zero-order valence-corrected chi connectivity index (χ0v) is 11.8. The number of benzene rings is 1. The van der Waals surface area contributed by atoms with Gasteiger partial charge < -0.3 is 5.32 Å². The largest absolute Gasteiger partial charge is 0.319 e. The molecule has 1 aromatic carbocycles. The van der Waals surface area contributed by atoms with Gasteiger partial charge in [-0.3, -0.25) is 0 Å². The summed E-state index contributed by atoms with van der Waals surface area (Å²) in [6, 6.07) is 6.79. The van der Waals surface area contributed by atoms with Gasteiger partial charge in [-0.05, 0) is 37.7 Å². The number of nitrogens with one attached hydrogen (secondary N) is 3. The molecule has 20 heavy (non-hydrogen) atoms. The summed E-state index contributed by atoms with van der Waals surface area (Å²) < 4.78 is 26.5. The third-order valence-electron chi connectivity index (χ3n) is 2.71. The Labute approximate surface area is 117 Å². The molecule has 8 nitrogen and oxygen atoms in total. The lowest BCUT2D eigenvalue weighted by molar-refractivity contribution is 0.579. The van der Waals surface area contributed by atoms with Crippen molar-refractivity contribution < 1.29 is 8.42 Å². The Bertz CT molecular complexity index is 623. The van der Waals surface area contributed by atoms with E-state index in [0.717, 1.165) is 18.5 Å². The number of aromatic amines is 1. The number of H-pyrrole nitrogens is 1. The molecule has 0 amide bonds. The monoisotopic (exact) mass is 296 g/mol. The first-order chi connectivity index (χ1) is 9.62. The number of likely N-dealkylation sites (N-methyl/N-ethyl adjacent to an activating group) is 1. The normalized spacial score (nSPS) is 11.7. The molecule has 108 valence electrons. The first kappa shape index (κ1) is 14.6. The standard InChI is InChI=1S/C11H16N6O2S/c1-12-7-6-9-2-4-10(5-3-9)20(18,19)13-8-11-14-16-17-15-11/h2-5,12-13H,6-8H2,1H3,(H,14,15,16,17). The third-order valence-corrected chi connectivity index (χ3v) is 4.12. The van der Waals surface area contributed by atoms with Crippen LogP contribution in [0.25, 0.3) is 0 Å². The van der Waals surface area contributed by atoms with Crippen LogP contribution in [0.1, 0.15) is 11.4 Å². The molecule has 0 saturated heterocycles. The van der Waals surface area contributed by atoms with E-state index in [0.29, 0.717) is 5.82 Å². The van der Waals surface area contributed by atoms with Crippen LogP contribution < -0.4 is 10.0 Å². The Morgan fingerprint density at radius 1 is 1.25 bits per heavy atom. The fourth-order valence-electron chi connectivity index (χ4n) is 1.60. The highest BCUT2D eigenvalue weighted by molar-refractivity contribution is 7.89. The van der Waals surface area contributed by atoms with Crippen molar-refractivity contribution in [3.05, 3.63) is 35.7 Å². The number of hydrogen-bond acceptors (Lipinski definition) is 6. The summed E-state index contributed by atoms with van der Waals surface area (Å²) in [7, 11) is -1.69. The van der Waals surface area contributed by atoms with Crippen LogP contribution in [0.15, 0.2) is 29.2 Å². The van der Waals surface area contributed by atoms with Crippen LogP contribution >= 0.6 is 0 Å². The van der Waals surface area contributed by atoms with Gasteiger partial charge in [0.05, 0.1) is 11.4 Å². The molecule has 0 atom stereocenters. The maximum atomic E-state index is 12.0. The van der Waals surface area contributed by atoms with Crippen LogP contribution in [0.3, 0.4) is 0 Å². The number of rotatable bonds is 7. The van der Waals surface area contributed by atoms with E-state index in [4.69, 9.17) is 0 Å². The van der Waals surface area contributed by atoms with Crippen molar-refractivity contribution in [1.82, 2.24) is 30.7 Å². The molecule has 0 aliphatic rings. The summed E-state index contributed by atoms with van der Waals surface area (Å²) in [5.41, 5.74) is 1.08. The van der Waals surface area contributed by atoms with E-state index in [1.54, 1.807) is 24.3 Å². The molecule has 0 spiro atoms. The second-order valence-electron chi connectivity index (χ2n) is 4.15. The van der Waals surface area contributed by atoms with E-state index in [9.17, 15) is 8.42 Å². The number of sulfonamides is 1. The Morgan fingerprint density at radius 2 is 2.00 bits per heavy atom. The number of nitrogens with zero attached hydrogens (tertiary/aromatic N) is 3. The maximum Gasteiger partial charge on any atom is 0.240 e. The Morgan fingerprint density at radius 3 is 2.60 bits per heavy atom. The van der Waals surface area contributed by atoms with Gasteiger partial charge in [0.25, 0.3) is 0 Å². The molecule has 9 heteroatoms. The van der Waals surface area contributed by atoms with Crippen molar-refractivity contribution in [2.45, 2.75) is 17.9 Å². The minimum absolute atomic E-state index is 0.000337. The van der Waals surface area contributed by atoms with E-state index >= 15 is 0 Å². The fourth-order valence-corrected chi connectivity index (χ4v) is 2.59. The van der Waals surface area contributed by atoms with E-state index in [-0.39, 0.29) is 11.4 Å². The molecular formula is C11H16N6O2S. The second-order valence-corrected chi connectivity index (χ2v) is 5.92. The van der Waals surface area contributed by atoms with E-state index in [2.05, 4.69) is 30.7 Å². The highest BCUT2D eigenvalue weighted by Crippen LogP contribution is 2.11. The highest BCUT2D eigenvalue weighted by Gasteiger charge is 2.14. The van der Waals surface area contributed by atoms with Gasteiger partial charge in [-0.25, -0.2) is 13.1 Å². The summed E-state index contributed by atoms with van der Waals surface area (Å²) in [6.07, 6.45) is 0.854. The van der Waals surface area contributed by atoms with Crippen LogP contribution in [-0.2, 0) is 23.0 Å². The summed E-state index contributed by atoms with van der Waals surface area (Å²) in [4.78, 5) is 0.217. The topological polar surface area (TPSA) is 113 Å². The van der Waals surface area contributed by atoms with Gasteiger partial charge >= 0.3 is 0 Å².